The Hall–Kier alpha value is -0.900. The molecular weight excluding hydrogens is 242 g/mol. The average molecular weight is 261 g/mol. The van der Waals surface area contributed by atoms with Gasteiger partial charge in [0.2, 0.25) is 0 Å². The lowest BCUT2D eigenvalue weighted by molar-refractivity contribution is 0.0105. The molecular formula is C14H19N3S. The van der Waals surface area contributed by atoms with Gasteiger partial charge in [-0.1, -0.05) is 0 Å². The summed E-state index contributed by atoms with van der Waals surface area (Å²) in [6.07, 6.45) is 10.3. The molecule has 3 nitrogen and oxygen atoms in total. The fourth-order valence-corrected chi connectivity index (χ4v) is 5.16. The maximum Gasteiger partial charge on any atom is 0.198 e. The molecule has 0 radical (unpaired) electrons. The van der Waals surface area contributed by atoms with Crippen molar-refractivity contribution in [3.05, 3.63) is 17.0 Å². The molecule has 0 spiro atoms. The minimum Gasteiger partial charge on any atom is -0.366 e. The van der Waals surface area contributed by atoms with Crippen LogP contribution in [0.4, 0.5) is 5.82 Å². The average Bonchev–Trinajstić information content (AvgIpc) is 2.25. The van der Waals surface area contributed by atoms with Crippen LogP contribution in [0.1, 0.15) is 38.5 Å². The number of hydrogen-bond donors (Lipinski definition) is 2. The van der Waals surface area contributed by atoms with Gasteiger partial charge in [-0.25, -0.2) is 4.98 Å². The minimum absolute atomic E-state index is 0.342. The van der Waals surface area contributed by atoms with Crippen LogP contribution in [-0.4, -0.2) is 15.5 Å². The predicted molar refractivity (Wildman–Crippen MR) is 73.9 cm³/mol. The van der Waals surface area contributed by atoms with Crippen molar-refractivity contribution in [2.45, 2.75) is 44.1 Å². The largest absolute Gasteiger partial charge is 0.366 e. The van der Waals surface area contributed by atoms with Crippen LogP contribution in [0, 0.1) is 22.5 Å². The number of aromatic nitrogens is 2. The molecule has 4 bridgehead atoms. The Morgan fingerprint density at radius 2 is 1.78 bits per heavy atom. The minimum atomic E-state index is 0.342. The molecule has 2 N–H and O–H groups in total. The Bertz CT molecular complexity index is 486. The van der Waals surface area contributed by atoms with Gasteiger partial charge < -0.3 is 10.3 Å². The summed E-state index contributed by atoms with van der Waals surface area (Å²) < 4.78 is 0.574. The first-order valence-corrected chi connectivity index (χ1v) is 7.45. The topological polar surface area (TPSA) is 40.7 Å². The summed E-state index contributed by atoms with van der Waals surface area (Å²) in [4.78, 5) is 7.23. The van der Waals surface area contributed by atoms with Crippen molar-refractivity contribution in [1.29, 1.82) is 0 Å². The fraction of sp³-hybridized carbons (Fsp3) is 0.714. The monoisotopic (exact) mass is 261 g/mol. The van der Waals surface area contributed by atoms with Gasteiger partial charge >= 0.3 is 0 Å². The lowest BCUT2D eigenvalue weighted by Gasteiger charge is -2.57. The zero-order chi connectivity index (χ0) is 12.2. The van der Waals surface area contributed by atoms with E-state index in [0.717, 1.165) is 23.6 Å². The normalized spacial score (nSPS) is 41.0. The summed E-state index contributed by atoms with van der Waals surface area (Å²) in [5.41, 5.74) is 0.342. The number of rotatable bonds is 2. The van der Waals surface area contributed by atoms with Crippen molar-refractivity contribution < 1.29 is 0 Å². The van der Waals surface area contributed by atoms with Crippen molar-refractivity contribution >= 4 is 18.0 Å². The molecule has 4 saturated carbocycles. The van der Waals surface area contributed by atoms with E-state index < -0.39 is 0 Å². The molecule has 0 amide bonds. The third-order valence-electron chi connectivity index (χ3n) is 5.11. The van der Waals surface area contributed by atoms with E-state index in [-0.39, 0.29) is 0 Å². The van der Waals surface area contributed by atoms with E-state index in [2.05, 4.69) is 15.3 Å². The lowest BCUT2D eigenvalue weighted by atomic mass is 9.53. The van der Waals surface area contributed by atoms with Crippen LogP contribution in [-0.2, 0) is 0 Å². The SMILES string of the molecule is S=c1nccc(NC23CC4CC(CC(C4)C2)C3)[nH]1. The highest BCUT2D eigenvalue weighted by Gasteiger charge is 2.50. The highest BCUT2D eigenvalue weighted by molar-refractivity contribution is 7.71. The highest BCUT2D eigenvalue weighted by atomic mass is 32.1. The van der Waals surface area contributed by atoms with E-state index in [0.29, 0.717) is 10.3 Å². The van der Waals surface area contributed by atoms with E-state index >= 15 is 0 Å². The van der Waals surface area contributed by atoms with Gasteiger partial charge in [-0.05, 0) is 74.6 Å². The van der Waals surface area contributed by atoms with Gasteiger partial charge in [0, 0.05) is 11.7 Å². The van der Waals surface area contributed by atoms with Crippen LogP contribution < -0.4 is 5.32 Å². The first kappa shape index (κ1) is 11.0. The van der Waals surface area contributed by atoms with Crippen molar-refractivity contribution in [2.24, 2.45) is 17.8 Å². The van der Waals surface area contributed by atoms with Crippen LogP contribution in [0.5, 0.6) is 0 Å². The number of nitrogens with zero attached hydrogens (tertiary/aromatic N) is 1. The van der Waals surface area contributed by atoms with Crippen LogP contribution in [0.25, 0.3) is 0 Å². The molecule has 18 heavy (non-hydrogen) atoms. The third-order valence-corrected chi connectivity index (χ3v) is 5.32. The maximum absolute atomic E-state index is 5.10. The maximum atomic E-state index is 5.10. The van der Waals surface area contributed by atoms with Gasteiger partial charge in [0.15, 0.2) is 4.77 Å². The third kappa shape index (κ3) is 1.78. The van der Waals surface area contributed by atoms with Gasteiger partial charge in [-0.3, -0.25) is 0 Å². The second-order valence-corrected chi connectivity index (χ2v) is 7.00. The Kier molecular flexibility index (Phi) is 2.31. The predicted octanol–water partition coefficient (Wildman–Crippen LogP) is 3.52. The van der Waals surface area contributed by atoms with E-state index in [1.54, 1.807) is 6.20 Å². The van der Waals surface area contributed by atoms with Crippen molar-refractivity contribution in [3.8, 4) is 0 Å². The molecule has 4 aliphatic rings. The zero-order valence-electron chi connectivity index (χ0n) is 10.5. The quantitative estimate of drug-likeness (QED) is 0.800. The second-order valence-electron chi connectivity index (χ2n) is 6.61. The fourth-order valence-electron chi connectivity index (χ4n) is 4.99. The number of hydrogen-bond acceptors (Lipinski definition) is 3. The summed E-state index contributed by atoms with van der Waals surface area (Å²) in [5.74, 6) is 3.95. The van der Waals surface area contributed by atoms with E-state index in [9.17, 15) is 0 Å². The molecule has 4 aliphatic carbocycles. The van der Waals surface area contributed by atoms with Gasteiger partial charge in [0.1, 0.15) is 5.82 Å². The molecule has 1 heterocycles. The number of aromatic amines is 1. The first-order valence-electron chi connectivity index (χ1n) is 7.04. The number of nitrogens with one attached hydrogen (secondary N) is 2. The smallest absolute Gasteiger partial charge is 0.198 e. The number of H-pyrrole nitrogens is 1. The van der Waals surface area contributed by atoms with Crippen LogP contribution in [0.15, 0.2) is 12.3 Å². The summed E-state index contributed by atoms with van der Waals surface area (Å²) in [6.45, 7) is 0. The van der Waals surface area contributed by atoms with E-state index in [1.807, 2.05) is 6.07 Å². The molecule has 0 atom stereocenters. The Balaban J connectivity index is 1.62. The molecule has 4 fully saturated rings. The highest BCUT2D eigenvalue weighted by Crippen LogP contribution is 2.56. The molecule has 1 aromatic rings. The second kappa shape index (κ2) is 3.80. The van der Waals surface area contributed by atoms with Crippen molar-refractivity contribution in [2.75, 3.05) is 5.32 Å². The van der Waals surface area contributed by atoms with Crippen LogP contribution in [0.2, 0.25) is 0 Å². The molecule has 4 heteroatoms. The molecule has 0 saturated heterocycles. The van der Waals surface area contributed by atoms with Gasteiger partial charge in [0.25, 0.3) is 0 Å². The van der Waals surface area contributed by atoms with Crippen LogP contribution in [0.3, 0.4) is 0 Å². The summed E-state index contributed by atoms with van der Waals surface area (Å²) in [7, 11) is 0. The summed E-state index contributed by atoms with van der Waals surface area (Å²) in [6, 6.07) is 2.01. The standard InChI is InChI=1S/C14H19N3S/c18-13-15-2-1-12(16-13)17-14-6-9-3-10(7-14)5-11(4-9)8-14/h1-2,9-11H,3-8H2,(H2,15,16,17,18). The zero-order valence-corrected chi connectivity index (χ0v) is 11.3. The first-order chi connectivity index (χ1) is 8.71. The molecule has 96 valence electrons. The Morgan fingerprint density at radius 1 is 1.17 bits per heavy atom. The van der Waals surface area contributed by atoms with E-state index in [1.165, 1.54) is 38.5 Å². The molecule has 0 unspecified atom stereocenters. The van der Waals surface area contributed by atoms with Crippen molar-refractivity contribution in [1.82, 2.24) is 9.97 Å². The van der Waals surface area contributed by atoms with E-state index in [4.69, 9.17) is 12.2 Å². The number of anilines is 1. The molecule has 0 aliphatic heterocycles. The molecule has 0 aromatic carbocycles. The summed E-state index contributed by atoms with van der Waals surface area (Å²) >= 11 is 5.10. The molecule has 5 rings (SSSR count). The lowest BCUT2D eigenvalue weighted by Crippen LogP contribution is -2.54. The summed E-state index contributed by atoms with van der Waals surface area (Å²) in [5, 5.41) is 3.77. The van der Waals surface area contributed by atoms with Crippen LogP contribution >= 0.6 is 12.2 Å². The van der Waals surface area contributed by atoms with Gasteiger partial charge in [-0.15, -0.1) is 0 Å². The van der Waals surface area contributed by atoms with Gasteiger partial charge in [0.05, 0.1) is 0 Å². The van der Waals surface area contributed by atoms with Gasteiger partial charge in [-0.2, -0.15) is 0 Å². The van der Waals surface area contributed by atoms with Crippen molar-refractivity contribution in [3.63, 3.8) is 0 Å². The Labute approximate surface area is 112 Å². The Morgan fingerprint density at radius 3 is 2.33 bits per heavy atom. The molecule has 1 aromatic heterocycles.